The highest BCUT2D eigenvalue weighted by Gasteiger charge is 1.97. The second kappa shape index (κ2) is 36.0. The van der Waals surface area contributed by atoms with Gasteiger partial charge >= 0.3 is 6.16 Å². The number of aliphatic hydroxyl groups excluding tert-OH is 2. The molecule has 0 aliphatic rings. The maximum Gasteiger partial charge on any atom is 0.508 e. The molecule has 20 heavy (non-hydrogen) atoms. The third kappa shape index (κ3) is 72.5. The molecular weight excluding hydrogens is 260 g/mol. The van der Waals surface area contributed by atoms with Gasteiger partial charge in [-0.25, -0.2) is 4.79 Å². The van der Waals surface area contributed by atoms with Gasteiger partial charge in [-0.05, 0) is 13.8 Å². The van der Waals surface area contributed by atoms with Gasteiger partial charge in [-0.3, -0.25) is 0 Å². The first-order chi connectivity index (χ1) is 9.55. The summed E-state index contributed by atoms with van der Waals surface area (Å²) in [6, 6.07) is 0. The molecular formula is C15H28O5. The normalized spacial score (nSPS) is 6.80. The van der Waals surface area contributed by atoms with Gasteiger partial charge in [-0.2, -0.15) is 0 Å². The van der Waals surface area contributed by atoms with E-state index in [2.05, 4.69) is 35.8 Å². The molecule has 0 fully saturated rings. The van der Waals surface area contributed by atoms with Gasteiger partial charge in [0.25, 0.3) is 0 Å². The topological polar surface area (TPSA) is 76.0 Å². The first-order valence-corrected chi connectivity index (χ1v) is 5.93. The lowest BCUT2D eigenvalue weighted by atomic mass is 10.7. The van der Waals surface area contributed by atoms with Gasteiger partial charge < -0.3 is 19.7 Å². The molecule has 118 valence electrons. The number of hydrogen-bond acceptors (Lipinski definition) is 5. The van der Waals surface area contributed by atoms with Crippen LogP contribution in [-0.4, -0.2) is 42.8 Å². The molecule has 0 atom stereocenters. The highest BCUT2D eigenvalue weighted by Crippen LogP contribution is 1.84. The lowest BCUT2D eigenvalue weighted by molar-refractivity contribution is 0.0718. The highest BCUT2D eigenvalue weighted by atomic mass is 16.7. The minimum absolute atomic E-state index is 0.125. The van der Waals surface area contributed by atoms with Crippen LogP contribution in [0.5, 0.6) is 0 Å². The summed E-state index contributed by atoms with van der Waals surface area (Å²) in [4.78, 5) is 10.4. The van der Waals surface area contributed by atoms with Crippen LogP contribution in [0, 0.1) is 0 Å². The van der Waals surface area contributed by atoms with Gasteiger partial charge in [-0.15, -0.1) is 13.2 Å². The van der Waals surface area contributed by atoms with E-state index in [1.807, 2.05) is 13.8 Å². The van der Waals surface area contributed by atoms with E-state index >= 15 is 0 Å². The lowest BCUT2D eigenvalue weighted by Crippen LogP contribution is -2.06. The number of carbonyl (C=O) groups is 1. The molecule has 0 spiro atoms. The Morgan fingerprint density at radius 2 is 1.15 bits per heavy atom. The first-order valence-electron chi connectivity index (χ1n) is 5.93. The number of hydrogen-bond donors (Lipinski definition) is 2. The van der Waals surface area contributed by atoms with Crippen molar-refractivity contribution in [3.63, 3.8) is 0 Å². The van der Waals surface area contributed by atoms with E-state index in [-0.39, 0.29) is 26.4 Å². The minimum Gasteiger partial charge on any atom is -0.430 e. The van der Waals surface area contributed by atoms with Crippen LogP contribution in [-0.2, 0) is 9.47 Å². The fourth-order valence-corrected chi connectivity index (χ4v) is 0.296. The monoisotopic (exact) mass is 288 g/mol. The van der Waals surface area contributed by atoms with Crippen molar-refractivity contribution in [2.24, 2.45) is 0 Å². The molecule has 0 saturated heterocycles. The third-order valence-corrected chi connectivity index (χ3v) is 0.738. The Morgan fingerprint density at radius 1 is 0.900 bits per heavy atom. The van der Waals surface area contributed by atoms with Crippen LogP contribution in [0.4, 0.5) is 4.79 Å². The van der Waals surface area contributed by atoms with Crippen LogP contribution in [0.1, 0.15) is 13.8 Å². The maximum absolute atomic E-state index is 10.4. The van der Waals surface area contributed by atoms with Crippen molar-refractivity contribution in [1.82, 2.24) is 0 Å². The second-order valence-corrected chi connectivity index (χ2v) is 2.71. The van der Waals surface area contributed by atoms with Crippen molar-refractivity contribution in [2.45, 2.75) is 13.8 Å². The third-order valence-electron chi connectivity index (χ3n) is 0.738. The molecule has 0 heterocycles. The Morgan fingerprint density at radius 3 is 1.30 bits per heavy atom. The van der Waals surface area contributed by atoms with E-state index < -0.39 is 6.16 Å². The molecule has 0 aromatic rings. The van der Waals surface area contributed by atoms with Crippen molar-refractivity contribution >= 4 is 6.16 Å². The number of aliphatic hydroxyl groups is 2. The van der Waals surface area contributed by atoms with Crippen molar-refractivity contribution in [3.8, 4) is 0 Å². The number of carbonyl (C=O) groups excluding carboxylic acids is 1. The van der Waals surface area contributed by atoms with Gasteiger partial charge in [0, 0.05) is 0 Å². The van der Waals surface area contributed by atoms with E-state index in [0.29, 0.717) is 0 Å². The molecule has 0 radical (unpaired) electrons. The van der Waals surface area contributed by atoms with Gasteiger partial charge in [0.05, 0.1) is 13.2 Å². The van der Waals surface area contributed by atoms with Crippen molar-refractivity contribution in [1.29, 1.82) is 0 Å². The van der Waals surface area contributed by atoms with Crippen LogP contribution in [0.15, 0.2) is 50.6 Å². The molecule has 0 saturated carbocycles. The zero-order valence-electron chi connectivity index (χ0n) is 12.6. The van der Waals surface area contributed by atoms with Crippen molar-refractivity contribution in [3.05, 3.63) is 50.6 Å². The predicted octanol–water partition coefficient (Wildman–Crippen LogP) is 2.87. The first kappa shape index (κ1) is 26.7. The molecule has 0 aliphatic heterocycles. The summed E-state index contributed by atoms with van der Waals surface area (Å²) in [5.41, 5.74) is 0. The average molecular weight is 288 g/mol. The fourth-order valence-electron chi connectivity index (χ4n) is 0.296. The van der Waals surface area contributed by atoms with Gasteiger partial charge in [-0.1, -0.05) is 37.5 Å². The van der Waals surface area contributed by atoms with E-state index in [1.165, 1.54) is 12.2 Å². The molecule has 0 aromatic heterocycles. The fraction of sp³-hybridized carbons (Fsp3) is 0.400. The molecule has 2 N–H and O–H groups in total. The number of ether oxygens (including phenoxy) is 2. The zero-order chi connectivity index (χ0) is 16.6. The second-order valence-electron chi connectivity index (χ2n) is 2.71. The van der Waals surface area contributed by atoms with Crippen LogP contribution in [0.3, 0.4) is 0 Å². The smallest absolute Gasteiger partial charge is 0.430 e. The maximum atomic E-state index is 10.4. The van der Waals surface area contributed by atoms with E-state index in [4.69, 9.17) is 10.2 Å². The quantitative estimate of drug-likeness (QED) is 0.601. The van der Waals surface area contributed by atoms with Gasteiger partial charge in [0.2, 0.25) is 0 Å². The molecule has 0 rings (SSSR count). The SMILES string of the molecule is C=CC.C=CC.C=CCOC(=O)OCC=C.OCCO. The Hall–Kier alpha value is -1.85. The Labute approximate surface area is 122 Å². The zero-order valence-corrected chi connectivity index (χ0v) is 12.6. The number of rotatable bonds is 5. The van der Waals surface area contributed by atoms with Crippen LogP contribution in [0.2, 0.25) is 0 Å². The highest BCUT2D eigenvalue weighted by molar-refractivity contribution is 5.60. The number of allylic oxidation sites excluding steroid dienone is 2. The van der Waals surface area contributed by atoms with Gasteiger partial charge in [0.1, 0.15) is 13.2 Å². The van der Waals surface area contributed by atoms with E-state index in [0.717, 1.165) is 0 Å². The summed E-state index contributed by atoms with van der Waals surface area (Å²) in [5, 5.41) is 15.2. The molecule has 0 amide bonds. The van der Waals surface area contributed by atoms with Crippen LogP contribution < -0.4 is 0 Å². The molecule has 5 heteroatoms. The molecule has 0 unspecified atom stereocenters. The summed E-state index contributed by atoms with van der Waals surface area (Å²) in [6.07, 6.45) is 5.74. The van der Waals surface area contributed by atoms with Crippen LogP contribution >= 0.6 is 0 Å². The van der Waals surface area contributed by atoms with Crippen molar-refractivity contribution < 1.29 is 24.5 Å². The van der Waals surface area contributed by atoms with Crippen LogP contribution in [0.25, 0.3) is 0 Å². The Bertz CT molecular complexity index is 202. The molecule has 5 nitrogen and oxygen atoms in total. The molecule has 0 aromatic carbocycles. The summed E-state index contributed by atoms with van der Waals surface area (Å²) in [6.45, 7) is 17.3. The predicted molar refractivity (Wildman–Crippen MR) is 83.6 cm³/mol. The van der Waals surface area contributed by atoms with Gasteiger partial charge in [0.15, 0.2) is 0 Å². The van der Waals surface area contributed by atoms with E-state index in [1.54, 1.807) is 12.2 Å². The minimum atomic E-state index is -0.695. The Kier molecular flexibility index (Phi) is 48.0. The lowest BCUT2D eigenvalue weighted by Gasteiger charge is -1.99. The molecule has 0 aliphatic carbocycles. The summed E-state index contributed by atoms with van der Waals surface area (Å²) < 4.78 is 8.93. The largest absolute Gasteiger partial charge is 0.508 e. The standard InChI is InChI=1S/C7H10O3.2C3H6.C2H6O2/c1-3-5-9-7(8)10-6-4-2;2*1-3-2;3-1-2-4/h3-4H,1-2,5-6H2;2*3H,1H2,2H3;3-4H,1-2H2. The summed E-state index contributed by atoms with van der Waals surface area (Å²) in [7, 11) is 0. The summed E-state index contributed by atoms with van der Waals surface area (Å²) in [5.74, 6) is 0. The summed E-state index contributed by atoms with van der Waals surface area (Å²) >= 11 is 0. The Balaban J connectivity index is -0.000000106. The average Bonchev–Trinajstić information content (AvgIpc) is 2.44. The molecule has 0 bridgehead atoms. The van der Waals surface area contributed by atoms with Crippen molar-refractivity contribution in [2.75, 3.05) is 26.4 Å². The van der Waals surface area contributed by atoms with E-state index in [9.17, 15) is 4.79 Å².